The van der Waals surface area contributed by atoms with Gasteiger partial charge in [-0.05, 0) is 24.6 Å². The molecule has 0 saturated heterocycles. The molecule has 2 N–H and O–H groups in total. The van der Waals surface area contributed by atoms with Crippen molar-refractivity contribution in [3.63, 3.8) is 0 Å². The number of halogens is 2. The van der Waals surface area contributed by atoms with Crippen molar-refractivity contribution in [2.45, 2.75) is 13.0 Å². The molecule has 2 aromatic rings. The summed E-state index contributed by atoms with van der Waals surface area (Å²) in [6.45, 7) is 2.08. The van der Waals surface area contributed by atoms with Crippen molar-refractivity contribution >= 4 is 34.8 Å². The van der Waals surface area contributed by atoms with Crippen molar-refractivity contribution in [2.75, 3.05) is 11.9 Å². The third-order valence-corrected chi connectivity index (χ3v) is 3.89. The Labute approximate surface area is 134 Å². The molecule has 0 aromatic heterocycles. The van der Waals surface area contributed by atoms with E-state index >= 15 is 0 Å². The normalized spacial score (nSPS) is 11.8. The van der Waals surface area contributed by atoms with E-state index in [1.165, 1.54) is 0 Å². The Hall–Kier alpha value is -1.71. The minimum Gasteiger partial charge on any atom is -0.375 e. The Bertz CT molecular complexity index is 617. The van der Waals surface area contributed by atoms with E-state index in [-0.39, 0.29) is 18.5 Å². The molecule has 0 spiro atoms. The zero-order valence-electron chi connectivity index (χ0n) is 11.6. The highest BCUT2D eigenvalue weighted by Gasteiger charge is 2.10. The first-order valence-electron chi connectivity index (χ1n) is 6.60. The van der Waals surface area contributed by atoms with Gasteiger partial charge in [-0.3, -0.25) is 4.79 Å². The number of hydrogen-bond acceptors (Lipinski definition) is 2. The number of amides is 1. The Kier molecular flexibility index (Phi) is 5.48. The lowest BCUT2D eigenvalue weighted by molar-refractivity contribution is -0.120. The molecule has 1 atom stereocenters. The quantitative estimate of drug-likeness (QED) is 0.862. The second-order valence-corrected chi connectivity index (χ2v) is 5.44. The molecule has 2 rings (SSSR count). The van der Waals surface area contributed by atoms with Crippen molar-refractivity contribution in [2.24, 2.45) is 0 Å². The number of anilines is 1. The van der Waals surface area contributed by atoms with E-state index in [2.05, 4.69) is 10.6 Å². The predicted molar refractivity (Wildman–Crippen MR) is 88.0 cm³/mol. The summed E-state index contributed by atoms with van der Waals surface area (Å²) in [7, 11) is 0. The number of hydrogen-bond donors (Lipinski definition) is 2. The summed E-state index contributed by atoms with van der Waals surface area (Å²) in [4.78, 5) is 11.9. The van der Waals surface area contributed by atoms with Crippen LogP contribution in [-0.4, -0.2) is 12.5 Å². The van der Waals surface area contributed by atoms with E-state index in [9.17, 15) is 4.79 Å². The average Bonchev–Trinajstić information content (AvgIpc) is 2.49. The van der Waals surface area contributed by atoms with Gasteiger partial charge >= 0.3 is 0 Å². The molecule has 1 unspecified atom stereocenters. The lowest BCUT2D eigenvalue weighted by atomic mass is 10.1. The Morgan fingerprint density at radius 1 is 1.10 bits per heavy atom. The van der Waals surface area contributed by atoms with Crippen LogP contribution in [0.3, 0.4) is 0 Å². The molecule has 0 fully saturated rings. The van der Waals surface area contributed by atoms with Crippen molar-refractivity contribution in [1.29, 1.82) is 0 Å². The van der Waals surface area contributed by atoms with Gasteiger partial charge in [0.2, 0.25) is 5.91 Å². The highest BCUT2D eigenvalue weighted by Crippen LogP contribution is 2.29. The van der Waals surface area contributed by atoms with Crippen LogP contribution in [-0.2, 0) is 4.79 Å². The Morgan fingerprint density at radius 2 is 1.81 bits per heavy atom. The van der Waals surface area contributed by atoms with Gasteiger partial charge in [0.15, 0.2) is 0 Å². The van der Waals surface area contributed by atoms with Crippen molar-refractivity contribution in [1.82, 2.24) is 5.32 Å². The lowest BCUT2D eigenvalue weighted by Crippen LogP contribution is -2.32. The third kappa shape index (κ3) is 4.38. The molecular formula is C16H16Cl2N2O. The maximum Gasteiger partial charge on any atom is 0.239 e. The fourth-order valence-electron chi connectivity index (χ4n) is 1.93. The first kappa shape index (κ1) is 15.7. The summed E-state index contributed by atoms with van der Waals surface area (Å²) >= 11 is 12.0. The van der Waals surface area contributed by atoms with Crippen molar-refractivity contribution in [3.05, 3.63) is 64.1 Å². The van der Waals surface area contributed by atoms with E-state index < -0.39 is 0 Å². The predicted octanol–water partition coefficient (Wildman–Crippen LogP) is 4.28. The molecule has 21 heavy (non-hydrogen) atoms. The molecule has 0 aliphatic heterocycles. The van der Waals surface area contributed by atoms with Gasteiger partial charge in [-0.1, -0.05) is 59.6 Å². The van der Waals surface area contributed by atoms with Gasteiger partial charge < -0.3 is 10.6 Å². The van der Waals surface area contributed by atoms with Gasteiger partial charge in [0.1, 0.15) is 0 Å². The van der Waals surface area contributed by atoms with Crippen LogP contribution in [0.1, 0.15) is 18.5 Å². The molecule has 0 radical (unpaired) electrons. The summed E-state index contributed by atoms with van der Waals surface area (Å²) in [5, 5.41) is 6.78. The van der Waals surface area contributed by atoms with Crippen molar-refractivity contribution in [3.8, 4) is 0 Å². The van der Waals surface area contributed by atoms with Gasteiger partial charge in [0.25, 0.3) is 0 Å². The maximum absolute atomic E-state index is 11.9. The Morgan fingerprint density at radius 3 is 2.52 bits per heavy atom. The standard InChI is InChI=1S/C16H16Cl2N2O/c1-11(12-6-3-2-4-7-12)20-15(21)10-19-14-9-5-8-13(17)16(14)18/h2-9,11,19H,10H2,1H3,(H,20,21). The minimum atomic E-state index is -0.109. The monoisotopic (exact) mass is 322 g/mol. The first-order valence-corrected chi connectivity index (χ1v) is 7.35. The molecule has 0 bridgehead atoms. The Balaban J connectivity index is 1.89. The largest absolute Gasteiger partial charge is 0.375 e. The van der Waals surface area contributed by atoms with E-state index in [4.69, 9.17) is 23.2 Å². The first-order chi connectivity index (χ1) is 10.1. The molecular weight excluding hydrogens is 307 g/mol. The summed E-state index contributed by atoms with van der Waals surface area (Å²) in [6.07, 6.45) is 0. The molecule has 0 heterocycles. The zero-order chi connectivity index (χ0) is 15.2. The van der Waals surface area contributed by atoms with Gasteiger partial charge in [-0.25, -0.2) is 0 Å². The second kappa shape index (κ2) is 7.34. The highest BCUT2D eigenvalue weighted by molar-refractivity contribution is 6.43. The topological polar surface area (TPSA) is 41.1 Å². The van der Waals surface area contributed by atoms with E-state index in [1.54, 1.807) is 18.2 Å². The van der Waals surface area contributed by atoms with Crippen LogP contribution in [0.2, 0.25) is 10.0 Å². The number of carbonyl (C=O) groups is 1. The number of benzene rings is 2. The third-order valence-electron chi connectivity index (χ3n) is 3.07. The minimum absolute atomic E-state index is 0.0460. The number of nitrogens with one attached hydrogen (secondary N) is 2. The summed E-state index contributed by atoms with van der Waals surface area (Å²) < 4.78 is 0. The highest BCUT2D eigenvalue weighted by atomic mass is 35.5. The molecule has 110 valence electrons. The molecule has 0 saturated carbocycles. The molecule has 3 nitrogen and oxygen atoms in total. The van der Waals surface area contributed by atoms with Crippen LogP contribution in [0.4, 0.5) is 5.69 Å². The van der Waals surface area contributed by atoms with Crippen LogP contribution in [0.5, 0.6) is 0 Å². The zero-order valence-corrected chi connectivity index (χ0v) is 13.1. The lowest BCUT2D eigenvalue weighted by Gasteiger charge is -2.15. The smallest absolute Gasteiger partial charge is 0.239 e. The van der Waals surface area contributed by atoms with Gasteiger partial charge in [0, 0.05) is 0 Å². The molecule has 0 aliphatic rings. The van der Waals surface area contributed by atoms with Crippen LogP contribution < -0.4 is 10.6 Å². The molecule has 1 amide bonds. The maximum atomic E-state index is 11.9. The number of rotatable bonds is 5. The summed E-state index contributed by atoms with van der Waals surface area (Å²) in [6, 6.07) is 15.0. The van der Waals surface area contributed by atoms with E-state index in [0.717, 1.165) is 5.56 Å². The second-order valence-electron chi connectivity index (χ2n) is 4.65. The molecule has 5 heteroatoms. The molecule has 2 aromatic carbocycles. The number of carbonyl (C=O) groups excluding carboxylic acids is 1. The van der Waals surface area contributed by atoms with Crippen LogP contribution in [0.15, 0.2) is 48.5 Å². The fourth-order valence-corrected chi connectivity index (χ4v) is 2.30. The molecule has 0 aliphatic carbocycles. The SMILES string of the molecule is CC(NC(=O)CNc1cccc(Cl)c1Cl)c1ccccc1. The van der Waals surface area contributed by atoms with E-state index in [1.807, 2.05) is 37.3 Å². The fraction of sp³-hybridized carbons (Fsp3) is 0.188. The van der Waals surface area contributed by atoms with Crippen LogP contribution in [0, 0.1) is 0 Å². The van der Waals surface area contributed by atoms with E-state index in [0.29, 0.717) is 15.7 Å². The average molecular weight is 323 g/mol. The summed E-state index contributed by atoms with van der Waals surface area (Å²) in [5.41, 5.74) is 1.71. The van der Waals surface area contributed by atoms with Gasteiger partial charge in [-0.15, -0.1) is 0 Å². The van der Waals surface area contributed by atoms with Crippen molar-refractivity contribution < 1.29 is 4.79 Å². The summed E-state index contributed by atoms with van der Waals surface area (Å²) in [5.74, 6) is -0.109. The van der Waals surface area contributed by atoms with Gasteiger partial charge in [0.05, 0.1) is 28.3 Å². The van der Waals surface area contributed by atoms with Gasteiger partial charge in [-0.2, -0.15) is 0 Å². The van der Waals surface area contributed by atoms with Crippen LogP contribution in [0.25, 0.3) is 0 Å². The van der Waals surface area contributed by atoms with Crippen LogP contribution >= 0.6 is 23.2 Å².